The van der Waals surface area contributed by atoms with E-state index >= 15 is 0 Å². The molecule has 0 saturated carbocycles. The minimum absolute atomic E-state index is 0.0139. The normalized spacial score (nSPS) is 12.9. The number of hydrogen-bond donors (Lipinski definition) is 1. The first-order chi connectivity index (χ1) is 5.13. The Hall–Kier alpha value is -0.970. The molecule has 0 saturated heterocycles. The number of thiazole rings is 1. The summed E-state index contributed by atoms with van der Waals surface area (Å²) >= 11 is 0.935. The molecule has 1 rings (SSSR count). The van der Waals surface area contributed by atoms with Gasteiger partial charge in [0.05, 0.1) is 11.2 Å². The molecule has 11 heavy (non-hydrogen) atoms. The maximum Gasteiger partial charge on any atom is 0.347 e. The lowest BCUT2D eigenvalue weighted by Gasteiger charge is -1.96. The third kappa shape index (κ3) is 1.54. The topological polar surface area (TPSA) is 50.2 Å². The molecule has 0 spiro atoms. The maximum atomic E-state index is 12.6. The summed E-state index contributed by atoms with van der Waals surface area (Å²) in [5.74, 6) is -1.12. The standard InChI is InChI=1S/C6H6FNO2S/c1-3(7)4-5(6(9)10)11-2-8-4/h2-3H,1H3,(H,9,10). The number of aromatic nitrogens is 1. The quantitative estimate of drug-likeness (QED) is 0.746. The third-order valence-electron chi connectivity index (χ3n) is 1.17. The van der Waals surface area contributed by atoms with E-state index in [1.807, 2.05) is 0 Å². The summed E-state index contributed by atoms with van der Waals surface area (Å²) in [5.41, 5.74) is 1.34. The number of alkyl halides is 1. The molecule has 0 bridgehead atoms. The van der Waals surface area contributed by atoms with Gasteiger partial charge in [0.2, 0.25) is 0 Å². The molecule has 1 aromatic rings. The van der Waals surface area contributed by atoms with Crippen molar-refractivity contribution in [1.29, 1.82) is 0 Å². The molecular weight excluding hydrogens is 169 g/mol. The van der Waals surface area contributed by atoms with Gasteiger partial charge in [-0.3, -0.25) is 0 Å². The second-order valence-electron chi connectivity index (χ2n) is 1.99. The molecule has 0 aliphatic carbocycles. The number of aromatic carboxylic acids is 1. The predicted octanol–water partition coefficient (Wildman–Crippen LogP) is 1.87. The summed E-state index contributed by atoms with van der Waals surface area (Å²) in [7, 11) is 0. The highest BCUT2D eigenvalue weighted by Gasteiger charge is 2.17. The SMILES string of the molecule is CC(F)c1ncsc1C(=O)O. The van der Waals surface area contributed by atoms with E-state index in [-0.39, 0.29) is 10.6 Å². The first kappa shape index (κ1) is 8.13. The summed E-state index contributed by atoms with van der Waals surface area (Å²) in [5, 5.41) is 8.51. The second kappa shape index (κ2) is 2.96. The van der Waals surface area contributed by atoms with Crippen molar-refractivity contribution in [1.82, 2.24) is 4.98 Å². The van der Waals surface area contributed by atoms with E-state index in [9.17, 15) is 9.18 Å². The Kier molecular flexibility index (Phi) is 2.19. The smallest absolute Gasteiger partial charge is 0.347 e. The van der Waals surface area contributed by atoms with Gasteiger partial charge in [0.25, 0.3) is 0 Å². The minimum Gasteiger partial charge on any atom is -0.477 e. The number of hydrogen-bond acceptors (Lipinski definition) is 3. The molecule has 0 amide bonds. The van der Waals surface area contributed by atoms with Gasteiger partial charge < -0.3 is 5.11 Å². The van der Waals surface area contributed by atoms with Gasteiger partial charge in [-0.05, 0) is 6.92 Å². The molecule has 1 unspecified atom stereocenters. The van der Waals surface area contributed by atoms with Gasteiger partial charge in [-0.15, -0.1) is 11.3 Å². The molecule has 1 N–H and O–H groups in total. The lowest BCUT2D eigenvalue weighted by atomic mass is 10.3. The van der Waals surface area contributed by atoms with Crippen molar-refractivity contribution in [2.24, 2.45) is 0 Å². The molecular formula is C6H6FNO2S. The van der Waals surface area contributed by atoms with Crippen LogP contribution in [0.15, 0.2) is 5.51 Å². The fourth-order valence-corrected chi connectivity index (χ4v) is 1.41. The Morgan fingerprint density at radius 3 is 2.91 bits per heavy atom. The van der Waals surface area contributed by atoms with E-state index in [2.05, 4.69) is 4.98 Å². The van der Waals surface area contributed by atoms with Crippen LogP contribution in [0.25, 0.3) is 0 Å². The van der Waals surface area contributed by atoms with Crippen LogP contribution >= 0.6 is 11.3 Å². The van der Waals surface area contributed by atoms with Crippen LogP contribution in [0.5, 0.6) is 0 Å². The maximum absolute atomic E-state index is 12.6. The van der Waals surface area contributed by atoms with E-state index in [1.165, 1.54) is 12.4 Å². The van der Waals surface area contributed by atoms with Crippen molar-refractivity contribution in [3.63, 3.8) is 0 Å². The van der Waals surface area contributed by atoms with Gasteiger partial charge in [-0.25, -0.2) is 14.2 Å². The van der Waals surface area contributed by atoms with Crippen LogP contribution < -0.4 is 0 Å². The summed E-state index contributed by atoms with van der Waals surface area (Å²) in [6, 6.07) is 0. The van der Waals surface area contributed by atoms with Crippen molar-refractivity contribution in [2.75, 3.05) is 0 Å². The van der Waals surface area contributed by atoms with Crippen molar-refractivity contribution in [3.8, 4) is 0 Å². The highest BCUT2D eigenvalue weighted by atomic mass is 32.1. The Balaban J connectivity index is 3.06. The molecule has 0 fully saturated rings. The number of carboxylic acids is 1. The molecule has 1 atom stereocenters. The molecule has 0 radical (unpaired) electrons. The third-order valence-corrected chi connectivity index (χ3v) is 2.00. The molecule has 1 heterocycles. The van der Waals surface area contributed by atoms with Crippen LogP contribution in [0, 0.1) is 0 Å². The van der Waals surface area contributed by atoms with Crippen LogP contribution in [-0.4, -0.2) is 16.1 Å². The van der Waals surface area contributed by atoms with Gasteiger partial charge in [0, 0.05) is 0 Å². The number of halogens is 1. The summed E-state index contributed by atoms with van der Waals surface area (Å²) in [6.45, 7) is 1.27. The Morgan fingerprint density at radius 2 is 2.55 bits per heavy atom. The van der Waals surface area contributed by atoms with Crippen molar-refractivity contribution in [3.05, 3.63) is 16.1 Å². The zero-order valence-electron chi connectivity index (χ0n) is 5.74. The monoisotopic (exact) mass is 175 g/mol. The predicted molar refractivity (Wildman–Crippen MR) is 38.6 cm³/mol. The summed E-state index contributed by atoms with van der Waals surface area (Å²) in [4.78, 5) is 14.0. The Bertz CT molecular complexity index is 271. The minimum atomic E-state index is -1.31. The van der Waals surface area contributed by atoms with Gasteiger partial charge in [-0.1, -0.05) is 0 Å². The highest BCUT2D eigenvalue weighted by Crippen LogP contribution is 2.22. The molecule has 60 valence electrons. The lowest BCUT2D eigenvalue weighted by Crippen LogP contribution is -1.99. The Morgan fingerprint density at radius 1 is 1.91 bits per heavy atom. The van der Waals surface area contributed by atoms with Crippen LogP contribution in [0.4, 0.5) is 4.39 Å². The molecule has 3 nitrogen and oxygen atoms in total. The number of carboxylic acid groups (broad SMARTS) is 1. The van der Waals surface area contributed by atoms with E-state index in [1.54, 1.807) is 0 Å². The Labute approximate surface area is 66.5 Å². The van der Waals surface area contributed by atoms with E-state index in [4.69, 9.17) is 5.11 Å². The largest absolute Gasteiger partial charge is 0.477 e. The van der Waals surface area contributed by atoms with Gasteiger partial charge in [-0.2, -0.15) is 0 Å². The van der Waals surface area contributed by atoms with E-state index < -0.39 is 12.1 Å². The fraction of sp³-hybridized carbons (Fsp3) is 0.333. The first-order valence-corrected chi connectivity index (χ1v) is 3.81. The average Bonchev–Trinajstić information content (AvgIpc) is 2.32. The van der Waals surface area contributed by atoms with Gasteiger partial charge in [0.1, 0.15) is 11.0 Å². The van der Waals surface area contributed by atoms with E-state index in [0.29, 0.717) is 0 Å². The summed E-state index contributed by atoms with van der Waals surface area (Å²) < 4.78 is 12.6. The zero-order valence-corrected chi connectivity index (χ0v) is 6.56. The van der Waals surface area contributed by atoms with Crippen molar-refractivity contribution in [2.45, 2.75) is 13.1 Å². The second-order valence-corrected chi connectivity index (χ2v) is 2.84. The van der Waals surface area contributed by atoms with Crippen LogP contribution in [0.1, 0.15) is 28.5 Å². The zero-order chi connectivity index (χ0) is 8.43. The van der Waals surface area contributed by atoms with Crippen LogP contribution in [0.3, 0.4) is 0 Å². The molecule has 0 aliphatic heterocycles. The molecule has 0 aromatic carbocycles. The van der Waals surface area contributed by atoms with Gasteiger partial charge in [0.15, 0.2) is 0 Å². The first-order valence-electron chi connectivity index (χ1n) is 2.93. The van der Waals surface area contributed by atoms with Crippen LogP contribution in [-0.2, 0) is 0 Å². The summed E-state index contributed by atoms with van der Waals surface area (Å²) in [6.07, 6.45) is -1.31. The molecule has 5 heteroatoms. The molecule has 1 aromatic heterocycles. The lowest BCUT2D eigenvalue weighted by molar-refractivity contribution is 0.0698. The van der Waals surface area contributed by atoms with Crippen molar-refractivity contribution >= 4 is 17.3 Å². The number of nitrogens with zero attached hydrogens (tertiary/aromatic N) is 1. The average molecular weight is 175 g/mol. The molecule has 0 aliphatic rings. The highest BCUT2D eigenvalue weighted by molar-refractivity contribution is 7.11. The van der Waals surface area contributed by atoms with E-state index in [0.717, 1.165) is 11.3 Å². The fourth-order valence-electron chi connectivity index (χ4n) is 0.698. The van der Waals surface area contributed by atoms with Crippen LogP contribution in [0.2, 0.25) is 0 Å². The number of carbonyl (C=O) groups is 1. The van der Waals surface area contributed by atoms with Gasteiger partial charge >= 0.3 is 5.97 Å². The number of rotatable bonds is 2. The van der Waals surface area contributed by atoms with Crippen molar-refractivity contribution < 1.29 is 14.3 Å².